The number of ether oxygens (including phenoxy) is 1. The molecule has 2 aromatic rings. The zero-order valence-corrected chi connectivity index (χ0v) is 24.4. The van der Waals surface area contributed by atoms with Gasteiger partial charge in [0.1, 0.15) is 0 Å². The third kappa shape index (κ3) is 7.23. The molecular formula is C30H42N6O6. The Morgan fingerprint density at radius 2 is 2.14 bits per heavy atom. The molecule has 1 aromatic heterocycles. The van der Waals surface area contributed by atoms with Crippen molar-refractivity contribution in [1.29, 1.82) is 0 Å². The van der Waals surface area contributed by atoms with Crippen LogP contribution in [0.15, 0.2) is 36.5 Å². The number of anilines is 2. The Hall–Kier alpha value is -3.61. The van der Waals surface area contributed by atoms with Gasteiger partial charge in [-0.3, -0.25) is 19.1 Å². The zero-order valence-electron chi connectivity index (χ0n) is 24.4. The van der Waals surface area contributed by atoms with E-state index in [0.717, 1.165) is 19.4 Å². The van der Waals surface area contributed by atoms with Crippen molar-refractivity contribution in [3.63, 3.8) is 0 Å². The average molecular weight is 583 g/mol. The summed E-state index contributed by atoms with van der Waals surface area (Å²) in [6.07, 6.45) is 9.67. The van der Waals surface area contributed by atoms with Crippen LogP contribution in [0, 0.1) is 11.8 Å². The van der Waals surface area contributed by atoms with Gasteiger partial charge in [0.15, 0.2) is 5.60 Å². The van der Waals surface area contributed by atoms with Gasteiger partial charge in [-0.15, -0.1) is 5.10 Å². The number of esters is 1. The molecule has 0 radical (unpaired) electrons. The van der Waals surface area contributed by atoms with Crippen LogP contribution in [0.1, 0.15) is 56.7 Å². The van der Waals surface area contributed by atoms with E-state index in [2.05, 4.69) is 20.9 Å². The predicted octanol–water partition coefficient (Wildman–Crippen LogP) is 1.91. The number of rotatable bonds is 14. The molecule has 0 bridgehead atoms. The number of benzene rings is 1. The smallest absolute Gasteiger partial charge is 0.305 e. The fraction of sp³-hybridized carbons (Fsp3) is 0.567. The summed E-state index contributed by atoms with van der Waals surface area (Å²) in [7, 11) is 1.35. The van der Waals surface area contributed by atoms with Gasteiger partial charge in [0.05, 0.1) is 24.4 Å². The van der Waals surface area contributed by atoms with E-state index in [0.29, 0.717) is 67.9 Å². The number of aromatic nitrogens is 3. The minimum absolute atomic E-state index is 0.00960. The summed E-state index contributed by atoms with van der Waals surface area (Å²) in [5, 5.41) is 35.4. The maximum atomic E-state index is 13.8. The van der Waals surface area contributed by atoms with Gasteiger partial charge in [-0.1, -0.05) is 24.3 Å². The lowest BCUT2D eigenvalue weighted by Gasteiger charge is -2.28. The second-order valence-corrected chi connectivity index (χ2v) is 11.0. The van der Waals surface area contributed by atoms with Gasteiger partial charge in [0, 0.05) is 62.4 Å². The van der Waals surface area contributed by atoms with Crippen LogP contribution in [0.5, 0.6) is 0 Å². The number of hydrogen-bond donors (Lipinski definition) is 4. The highest BCUT2D eigenvalue weighted by atomic mass is 16.5. The predicted molar refractivity (Wildman–Crippen MR) is 157 cm³/mol. The number of amides is 2. The van der Waals surface area contributed by atoms with Crippen LogP contribution in [0.25, 0.3) is 0 Å². The molecule has 4 rings (SSSR count). The van der Waals surface area contributed by atoms with E-state index in [1.807, 2.05) is 12.2 Å². The molecule has 4 N–H and O–H groups in total. The number of allylic oxidation sites excluding steroid dienone is 1. The van der Waals surface area contributed by atoms with E-state index < -0.39 is 17.4 Å². The molecule has 12 heteroatoms. The summed E-state index contributed by atoms with van der Waals surface area (Å²) in [6.45, 7) is 4.23. The Labute approximate surface area is 246 Å². The summed E-state index contributed by atoms with van der Waals surface area (Å²) in [5.41, 5.74) is 0.457. The minimum atomic E-state index is -1.83. The van der Waals surface area contributed by atoms with Crippen molar-refractivity contribution in [2.45, 2.75) is 64.0 Å². The lowest BCUT2D eigenvalue weighted by Crippen LogP contribution is -2.44. The average Bonchev–Trinajstić information content (AvgIpc) is 3.54. The zero-order chi connectivity index (χ0) is 30.1. The van der Waals surface area contributed by atoms with Gasteiger partial charge in [0.25, 0.3) is 5.91 Å². The Morgan fingerprint density at radius 3 is 2.88 bits per heavy atom. The van der Waals surface area contributed by atoms with E-state index in [9.17, 15) is 19.5 Å². The summed E-state index contributed by atoms with van der Waals surface area (Å²) in [5.74, 6) is -1.53. The van der Waals surface area contributed by atoms with Gasteiger partial charge in [-0.05, 0) is 56.8 Å². The number of piperidine rings is 1. The fourth-order valence-electron chi connectivity index (χ4n) is 5.53. The molecule has 1 aromatic carbocycles. The molecule has 228 valence electrons. The van der Waals surface area contributed by atoms with Gasteiger partial charge in [-0.25, -0.2) is 0 Å². The van der Waals surface area contributed by atoms with Gasteiger partial charge < -0.3 is 30.5 Å². The highest BCUT2D eigenvalue weighted by Crippen LogP contribution is 2.46. The summed E-state index contributed by atoms with van der Waals surface area (Å²) >= 11 is 0. The molecule has 1 saturated heterocycles. The first-order valence-corrected chi connectivity index (χ1v) is 14.7. The fourth-order valence-corrected chi connectivity index (χ4v) is 5.53. The molecule has 1 fully saturated rings. The molecule has 2 amide bonds. The largest absolute Gasteiger partial charge is 0.469 e. The third-order valence-electron chi connectivity index (χ3n) is 8.01. The molecule has 42 heavy (non-hydrogen) atoms. The SMILES string of the molecule is COC(=O)CCCCN1C(=O)[C@](O)([C@H](C)/C=C/CCn2cc(CCO)nn2)c2cc(NC(=O)C3CCCNC3)ccc21. The van der Waals surface area contributed by atoms with Gasteiger partial charge in [-0.2, -0.15) is 0 Å². The molecular weight excluding hydrogens is 540 g/mol. The normalized spacial score (nSPS) is 21.0. The van der Waals surface area contributed by atoms with Gasteiger partial charge in [0.2, 0.25) is 5.91 Å². The molecule has 3 atom stereocenters. The van der Waals surface area contributed by atoms with Gasteiger partial charge >= 0.3 is 5.97 Å². The van der Waals surface area contributed by atoms with Crippen molar-refractivity contribution >= 4 is 29.2 Å². The number of nitrogens with one attached hydrogen (secondary N) is 2. The van der Waals surface area contributed by atoms with Crippen LogP contribution in [-0.2, 0) is 37.7 Å². The number of hydrogen-bond acceptors (Lipinski definition) is 9. The van der Waals surface area contributed by atoms with Crippen LogP contribution in [0.3, 0.4) is 0 Å². The summed E-state index contributed by atoms with van der Waals surface area (Å²) in [4.78, 5) is 39.8. The molecule has 3 heterocycles. The number of aliphatic hydroxyl groups excluding tert-OH is 1. The first-order chi connectivity index (χ1) is 20.3. The summed E-state index contributed by atoms with van der Waals surface area (Å²) in [6, 6.07) is 5.24. The van der Waals surface area contributed by atoms with E-state index in [1.165, 1.54) is 7.11 Å². The molecule has 0 aliphatic carbocycles. The molecule has 2 aliphatic rings. The van der Waals surface area contributed by atoms with E-state index in [1.54, 1.807) is 40.9 Å². The summed E-state index contributed by atoms with van der Waals surface area (Å²) < 4.78 is 6.41. The van der Waals surface area contributed by atoms with E-state index in [4.69, 9.17) is 9.84 Å². The number of aryl methyl sites for hydroxylation is 1. The third-order valence-corrected chi connectivity index (χ3v) is 8.01. The standard InChI is InChI=1S/C30H42N6O6/c1-21(8-3-5-15-35-20-24(13-17-37)33-34-35)30(41)25-18-23(32-28(39)22-9-7-14-31-19-22)11-12-26(25)36(29(30)40)16-6-4-10-27(38)42-2/h3,8,11-12,18,20-22,31,37,41H,4-7,9-10,13-17,19H2,1-2H3,(H,32,39)/b8-3+/t21-,22?,30+/m1/s1. The van der Waals surface area contributed by atoms with E-state index in [-0.39, 0.29) is 30.8 Å². The second kappa shape index (κ2) is 14.5. The van der Waals surface area contributed by atoms with Crippen molar-refractivity contribution in [2.75, 3.05) is 43.6 Å². The topological polar surface area (TPSA) is 159 Å². The number of aliphatic hydroxyl groups is 2. The monoisotopic (exact) mass is 582 g/mol. The number of carbonyl (C=O) groups excluding carboxylic acids is 3. The molecule has 2 aliphatic heterocycles. The Balaban J connectivity index is 1.51. The highest BCUT2D eigenvalue weighted by Gasteiger charge is 2.52. The number of nitrogens with zero attached hydrogens (tertiary/aromatic N) is 4. The molecule has 12 nitrogen and oxygen atoms in total. The van der Waals surface area contributed by atoms with Crippen LogP contribution >= 0.6 is 0 Å². The quantitative estimate of drug-likeness (QED) is 0.148. The number of fused-ring (bicyclic) bond motifs is 1. The van der Waals surface area contributed by atoms with Crippen LogP contribution in [-0.4, -0.2) is 76.3 Å². The number of unbranched alkanes of at least 4 members (excludes halogenated alkanes) is 1. The van der Waals surface area contributed by atoms with Crippen molar-refractivity contribution in [1.82, 2.24) is 20.3 Å². The second-order valence-electron chi connectivity index (χ2n) is 11.0. The van der Waals surface area contributed by atoms with E-state index >= 15 is 0 Å². The Kier molecular flexibility index (Phi) is 10.8. The Morgan fingerprint density at radius 1 is 1.31 bits per heavy atom. The lowest BCUT2D eigenvalue weighted by atomic mass is 9.82. The maximum Gasteiger partial charge on any atom is 0.305 e. The van der Waals surface area contributed by atoms with Crippen molar-refractivity contribution in [2.24, 2.45) is 11.8 Å². The van der Waals surface area contributed by atoms with Crippen LogP contribution in [0.2, 0.25) is 0 Å². The molecule has 0 spiro atoms. The Bertz CT molecular complexity index is 1270. The number of methoxy groups -OCH3 is 1. The van der Waals surface area contributed by atoms with Crippen molar-refractivity contribution in [3.8, 4) is 0 Å². The minimum Gasteiger partial charge on any atom is -0.469 e. The van der Waals surface area contributed by atoms with Crippen LogP contribution < -0.4 is 15.5 Å². The van der Waals surface area contributed by atoms with Crippen molar-refractivity contribution < 1.29 is 29.3 Å². The number of carbonyl (C=O) groups is 3. The molecule has 1 unspecified atom stereocenters. The first-order valence-electron chi connectivity index (χ1n) is 14.7. The van der Waals surface area contributed by atoms with Crippen LogP contribution in [0.4, 0.5) is 11.4 Å². The maximum absolute atomic E-state index is 13.8. The molecule has 0 saturated carbocycles. The lowest BCUT2D eigenvalue weighted by molar-refractivity contribution is -0.140. The van der Waals surface area contributed by atoms with Crippen molar-refractivity contribution in [3.05, 3.63) is 47.8 Å². The highest BCUT2D eigenvalue weighted by molar-refractivity contribution is 6.08. The first kappa shape index (κ1) is 31.3.